The Hall–Kier alpha value is -0.900. The highest BCUT2D eigenvalue weighted by atomic mass is 16.4. The summed E-state index contributed by atoms with van der Waals surface area (Å²) in [7, 11) is 0. The van der Waals surface area contributed by atoms with Gasteiger partial charge in [0.25, 0.3) is 0 Å². The number of hydrogen-bond acceptors (Lipinski definition) is 3. The number of hydrogen-bond donors (Lipinski definition) is 2. The number of aliphatic hydroxyl groups is 1. The third-order valence-electron chi connectivity index (χ3n) is 5.79. The van der Waals surface area contributed by atoms with Gasteiger partial charge < -0.3 is 10.2 Å². The van der Waals surface area contributed by atoms with Crippen molar-refractivity contribution < 1.29 is 19.8 Å². The van der Waals surface area contributed by atoms with Crippen LogP contribution in [0.15, 0.2) is 0 Å². The van der Waals surface area contributed by atoms with Crippen LogP contribution in [-0.4, -0.2) is 28.1 Å². The van der Waals surface area contributed by atoms with Crippen molar-refractivity contribution in [2.75, 3.05) is 0 Å². The molecule has 0 heterocycles. The average molecular weight is 310 g/mol. The lowest BCUT2D eigenvalue weighted by molar-refractivity contribution is -0.143. The van der Waals surface area contributed by atoms with Crippen molar-refractivity contribution in [3.8, 4) is 0 Å². The van der Waals surface area contributed by atoms with Crippen LogP contribution in [0.4, 0.5) is 0 Å². The molecule has 126 valence electrons. The van der Waals surface area contributed by atoms with E-state index in [2.05, 4.69) is 0 Å². The maximum Gasteiger partial charge on any atom is 0.309 e. The Morgan fingerprint density at radius 1 is 0.909 bits per heavy atom. The highest BCUT2D eigenvalue weighted by molar-refractivity contribution is 5.84. The van der Waals surface area contributed by atoms with Gasteiger partial charge in [-0.1, -0.05) is 25.7 Å². The molecule has 4 nitrogen and oxygen atoms in total. The maximum atomic E-state index is 11.5. The van der Waals surface area contributed by atoms with Crippen LogP contribution >= 0.6 is 0 Å². The number of carbonyl (C=O) groups is 2. The lowest BCUT2D eigenvalue weighted by Crippen LogP contribution is -2.15. The second kappa shape index (κ2) is 7.12. The molecular formula is C18H30O4. The summed E-state index contributed by atoms with van der Waals surface area (Å²) in [4.78, 5) is 22.5. The highest BCUT2D eigenvalue weighted by Gasteiger charge is 2.49. The van der Waals surface area contributed by atoms with Crippen LogP contribution in [0.5, 0.6) is 0 Å². The van der Waals surface area contributed by atoms with E-state index in [1.54, 1.807) is 6.92 Å². The minimum atomic E-state index is -0.646. The number of carboxylic acids is 1. The summed E-state index contributed by atoms with van der Waals surface area (Å²) in [6, 6.07) is 0. The van der Waals surface area contributed by atoms with Gasteiger partial charge in [0.2, 0.25) is 0 Å². The van der Waals surface area contributed by atoms with Gasteiger partial charge in [-0.3, -0.25) is 9.59 Å². The third kappa shape index (κ3) is 4.55. The predicted octanol–water partition coefficient (Wildman–Crippen LogP) is 3.70. The molecule has 0 amide bonds. The number of carbonyl (C=O) groups excluding carboxylic acids is 1. The van der Waals surface area contributed by atoms with Crippen molar-refractivity contribution in [2.45, 2.75) is 90.1 Å². The van der Waals surface area contributed by atoms with Gasteiger partial charge in [-0.25, -0.2) is 0 Å². The van der Waals surface area contributed by atoms with E-state index in [9.17, 15) is 14.7 Å². The molecule has 0 aliphatic heterocycles. The summed E-state index contributed by atoms with van der Waals surface area (Å²) in [5, 5.41) is 19.1. The summed E-state index contributed by atoms with van der Waals surface area (Å²) < 4.78 is 0. The van der Waals surface area contributed by atoms with Crippen LogP contribution in [0, 0.1) is 10.8 Å². The van der Waals surface area contributed by atoms with E-state index < -0.39 is 11.4 Å². The summed E-state index contributed by atoms with van der Waals surface area (Å²) in [5.41, 5.74) is -0.420. The monoisotopic (exact) mass is 310 g/mol. The summed E-state index contributed by atoms with van der Waals surface area (Å²) in [6.45, 7) is 1.70. The number of unbranched alkanes of at least 4 members (excludes halogenated alkanes) is 2. The smallest absolute Gasteiger partial charge is 0.309 e. The minimum absolute atomic E-state index is 0.000364. The number of Topliss-reactive ketones (excluding diaryl/α,β-unsaturated/α-hetero) is 1. The Bertz CT molecular complexity index is 369. The van der Waals surface area contributed by atoms with E-state index in [1.807, 2.05) is 0 Å². The minimum Gasteiger partial charge on any atom is -0.481 e. The van der Waals surface area contributed by atoms with Gasteiger partial charge in [-0.2, -0.15) is 0 Å². The predicted molar refractivity (Wildman–Crippen MR) is 84.6 cm³/mol. The van der Waals surface area contributed by atoms with Gasteiger partial charge in [0.15, 0.2) is 0 Å². The van der Waals surface area contributed by atoms with Crippen molar-refractivity contribution in [1.82, 2.24) is 0 Å². The molecular weight excluding hydrogens is 280 g/mol. The molecule has 0 aromatic heterocycles. The Labute approximate surface area is 133 Å². The quantitative estimate of drug-likeness (QED) is 0.539. The largest absolute Gasteiger partial charge is 0.481 e. The molecule has 0 aromatic carbocycles. The van der Waals surface area contributed by atoms with Gasteiger partial charge in [0.1, 0.15) is 5.78 Å². The van der Waals surface area contributed by atoms with Crippen molar-refractivity contribution in [2.24, 2.45) is 10.8 Å². The molecule has 0 aromatic rings. The molecule has 1 atom stereocenters. The molecule has 0 saturated heterocycles. The molecule has 0 radical (unpaired) electrons. The lowest BCUT2D eigenvalue weighted by atomic mass is 9.93. The molecule has 2 fully saturated rings. The van der Waals surface area contributed by atoms with Gasteiger partial charge in [-0.15, -0.1) is 0 Å². The molecule has 2 saturated carbocycles. The summed E-state index contributed by atoms with van der Waals surface area (Å²) >= 11 is 0. The lowest BCUT2D eigenvalue weighted by Gasteiger charge is -2.14. The Balaban J connectivity index is 1.47. The van der Waals surface area contributed by atoms with Crippen molar-refractivity contribution in [3.05, 3.63) is 0 Å². The van der Waals surface area contributed by atoms with Crippen LogP contribution in [0.2, 0.25) is 0 Å². The second-order valence-corrected chi connectivity index (χ2v) is 7.57. The van der Waals surface area contributed by atoms with E-state index in [4.69, 9.17) is 5.11 Å². The molecule has 2 rings (SSSR count). The van der Waals surface area contributed by atoms with Crippen LogP contribution in [0.1, 0.15) is 84.0 Å². The van der Waals surface area contributed by atoms with E-state index in [-0.39, 0.29) is 11.5 Å². The van der Waals surface area contributed by atoms with Crippen LogP contribution in [0.3, 0.4) is 0 Å². The second-order valence-electron chi connectivity index (χ2n) is 7.57. The average Bonchev–Trinajstić information content (AvgIpc) is 3.35. The molecule has 2 aliphatic rings. The topological polar surface area (TPSA) is 74.6 Å². The van der Waals surface area contributed by atoms with E-state index in [1.165, 1.54) is 0 Å². The molecule has 0 bridgehead atoms. The van der Waals surface area contributed by atoms with Gasteiger partial charge in [-0.05, 0) is 58.3 Å². The van der Waals surface area contributed by atoms with Gasteiger partial charge >= 0.3 is 5.97 Å². The van der Waals surface area contributed by atoms with Crippen LogP contribution in [0.25, 0.3) is 0 Å². The first-order chi connectivity index (χ1) is 10.4. The molecule has 22 heavy (non-hydrogen) atoms. The zero-order valence-corrected chi connectivity index (χ0v) is 13.8. The number of rotatable bonds is 12. The van der Waals surface area contributed by atoms with Crippen molar-refractivity contribution >= 4 is 11.8 Å². The number of ketones is 1. The van der Waals surface area contributed by atoms with Crippen LogP contribution in [-0.2, 0) is 9.59 Å². The normalized spacial score (nSPS) is 22.1. The van der Waals surface area contributed by atoms with Crippen molar-refractivity contribution in [3.63, 3.8) is 0 Å². The fourth-order valence-electron chi connectivity index (χ4n) is 3.48. The number of aliphatic hydroxyl groups excluding tert-OH is 1. The standard InChI is InChI=1S/C18H30O4/c1-14(19)17(10-11-17)8-4-2-6-15(20)7-3-5-9-18(12-13-18)16(21)22/h15,20H,2-13H2,1H3,(H,21,22). The maximum absolute atomic E-state index is 11.5. The highest BCUT2D eigenvalue weighted by Crippen LogP contribution is 2.51. The third-order valence-corrected chi connectivity index (χ3v) is 5.79. The SMILES string of the molecule is CC(=O)C1(CCCCC(O)CCCCC2(C(=O)O)CC2)CC1. The number of aliphatic carboxylic acids is 1. The zero-order valence-electron chi connectivity index (χ0n) is 13.8. The van der Waals surface area contributed by atoms with Crippen LogP contribution < -0.4 is 0 Å². The first-order valence-electron chi connectivity index (χ1n) is 8.83. The van der Waals surface area contributed by atoms with E-state index in [0.29, 0.717) is 5.78 Å². The molecule has 2 N–H and O–H groups in total. The fraction of sp³-hybridized carbons (Fsp3) is 0.889. The van der Waals surface area contributed by atoms with Crippen molar-refractivity contribution in [1.29, 1.82) is 0 Å². The van der Waals surface area contributed by atoms with E-state index >= 15 is 0 Å². The van der Waals surface area contributed by atoms with Gasteiger partial charge in [0.05, 0.1) is 11.5 Å². The fourth-order valence-corrected chi connectivity index (χ4v) is 3.48. The molecule has 2 aliphatic carbocycles. The first kappa shape index (κ1) is 17.5. The zero-order chi connectivity index (χ0) is 16.2. The first-order valence-corrected chi connectivity index (χ1v) is 8.83. The molecule has 0 spiro atoms. The molecule has 1 unspecified atom stereocenters. The Morgan fingerprint density at radius 2 is 1.36 bits per heavy atom. The Kier molecular flexibility index (Phi) is 5.65. The molecule has 4 heteroatoms. The van der Waals surface area contributed by atoms with Gasteiger partial charge in [0, 0.05) is 5.41 Å². The van der Waals surface area contributed by atoms with E-state index in [0.717, 1.165) is 77.0 Å². The summed E-state index contributed by atoms with van der Waals surface area (Å²) in [5.74, 6) is -0.312. The summed E-state index contributed by atoms with van der Waals surface area (Å²) in [6.07, 6.45) is 10.6. The Morgan fingerprint density at radius 3 is 1.73 bits per heavy atom. The number of carboxylic acid groups (broad SMARTS) is 1.